The molecule has 0 aliphatic rings. The smallest absolute Gasteiger partial charge is 0.337 e. The molecule has 3 rings (SSSR count). The number of fused-ring (bicyclic) bond motifs is 1. The highest BCUT2D eigenvalue weighted by Gasteiger charge is 2.15. The van der Waals surface area contributed by atoms with Gasteiger partial charge in [-0.05, 0) is 42.3 Å². The molecule has 0 radical (unpaired) electrons. The first-order valence-corrected chi connectivity index (χ1v) is 8.11. The monoisotopic (exact) mass is 346 g/mol. The van der Waals surface area contributed by atoms with Gasteiger partial charge in [-0.3, -0.25) is 9.78 Å². The third-order valence-electron chi connectivity index (χ3n) is 4.02. The zero-order valence-corrected chi connectivity index (χ0v) is 14.4. The summed E-state index contributed by atoms with van der Waals surface area (Å²) < 4.78 is 4.74. The van der Waals surface area contributed by atoms with Crippen LogP contribution in [0.4, 0.5) is 5.69 Å². The number of carbonyl (C=O) groups excluding carboxylic acids is 2. The van der Waals surface area contributed by atoms with Crippen molar-refractivity contribution < 1.29 is 14.3 Å². The summed E-state index contributed by atoms with van der Waals surface area (Å²) in [7, 11) is 1.32. The Kier molecular flexibility index (Phi) is 5.08. The van der Waals surface area contributed by atoms with Gasteiger partial charge in [-0.25, -0.2) is 4.79 Å². The van der Waals surface area contributed by atoms with Gasteiger partial charge in [-0.1, -0.05) is 24.3 Å². The van der Waals surface area contributed by atoms with Crippen LogP contribution in [0.1, 0.15) is 26.3 Å². The van der Waals surface area contributed by atoms with Crippen LogP contribution < -0.4 is 5.32 Å². The fourth-order valence-corrected chi connectivity index (χ4v) is 2.78. The van der Waals surface area contributed by atoms with Crippen molar-refractivity contribution in [3.8, 4) is 0 Å². The summed E-state index contributed by atoms with van der Waals surface area (Å²) >= 11 is 0. The van der Waals surface area contributed by atoms with Crippen molar-refractivity contribution >= 4 is 28.5 Å². The summed E-state index contributed by atoms with van der Waals surface area (Å²) in [5.41, 5.74) is 2.93. The number of para-hydroxylation sites is 1. The van der Waals surface area contributed by atoms with Crippen LogP contribution in [0.2, 0.25) is 0 Å². The number of anilines is 1. The Bertz CT molecular complexity index is 990. The van der Waals surface area contributed by atoms with E-state index < -0.39 is 5.97 Å². The number of nitrogens with one attached hydrogen (secondary N) is 1. The average molecular weight is 346 g/mol. The van der Waals surface area contributed by atoms with E-state index in [1.165, 1.54) is 7.11 Å². The van der Waals surface area contributed by atoms with Crippen molar-refractivity contribution in [2.24, 2.45) is 0 Å². The SMILES string of the molecule is C=CCc1cc(C(=O)OC)ccc1C(=O)Nc1cccc2cccnc12. The number of carbonyl (C=O) groups is 2. The molecule has 5 nitrogen and oxygen atoms in total. The predicted octanol–water partition coefficient (Wildman–Crippen LogP) is 4.00. The molecule has 2 aromatic carbocycles. The first kappa shape index (κ1) is 17.4. The highest BCUT2D eigenvalue weighted by molar-refractivity contribution is 6.09. The van der Waals surface area contributed by atoms with Crippen molar-refractivity contribution in [3.05, 3.63) is 84.1 Å². The van der Waals surface area contributed by atoms with Gasteiger partial charge in [0.1, 0.15) is 0 Å². The van der Waals surface area contributed by atoms with Gasteiger partial charge < -0.3 is 10.1 Å². The third kappa shape index (κ3) is 3.47. The van der Waals surface area contributed by atoms with Crippen LogP contribution in [0.25, 0.3) is 10.9 Å². The number of esters is 1. The topological polar surface area (TPSA) is 68.3 Å². The van der Waals surface area contributed by atoms with E-state index in [-0.39, 0.29) is 5.91 Å². The molecule has 0 saturated carbocycles. The molecule has 1 aromatic heterocycles. The van der Waals surface area contributed by atoms with E-state index >= 15 is 0 Å². The second-order valence-electron chi connectivity index (χ2n) is 5.69. The van der Waals surface area contributed by atoms with E-state index in [4.69, 9.17) is 4.74 Å². The number of aromatic nitrogens is 1. The highest BCUT2D eigenvalue weighted by atomic mass is 16.5. The zero-order chi connectivity index (χ0) is 18.5. The van der Waals surface area contributed by atoms with Gasteiger partial charge in [0.2, 0.25) is 0 Å². The lowest BCUT2D eigenvalue weighted by Gasteiger charge is -2.12. The molecular weight excluding hydrogens is 328 g/mol. The number of benzene rings is 2. The lowest BCUT2D eigenvalue weighted by Crippen LogP contribution is -2.15. The molecule has 0 aliphatic heterocycles. The van der Waals surface area contributed by atoms with E-state index in [0.717, 1.165) is 10.9 Å². The Morgan fingerprint density at radius 1 is 1.19 bits per heavy atom. The quantitative estimate of drug-likeness (QED) is 0.560. The molecule has 1 heterocycles. The Hall–Kier alpha value is -3.47. The van der Waals surface area contributed by atoms with Crippen LogP contribution in [0.5, 0.6) is 0 Å². The van der Waals surface area contributed by atoms with E-state index in [1.54, 1.807) is 30.5 Å². The lowest BCUT2D eigenvalue weighted by molar-refractivity contribution is 0.0600. The van der Waals surface area contributed by atoms with Gasteiger partial charge in [0.05, 0.1) is 23.9 Å². The molecule has 130 valence electrons. The summed E-state index contributed by atoms with van der Waals surface area (Å²) in [5.74, 6) is -0.711. The number of ether oxygens (including phenoxy) is 1. The maximum Gasteiger partial charge on any atom is 0.337 e. The van der Waals surface area contributed by atoms with Crippen LogP contribution in [0.3, 0.4) is 0 Å². The molecule has 0 unspecified atom stereocenters. The fraction of sp³-hybridized carbons (Fsp3) is 0.0952. The predicted molar refractivity (Wildman–Crippen MR) is 101 cm³/mol. The minimum Gasteiger partial charge on any atom is -0.465 e. The van der Waals surface area contributed by atoms with Gasteiger partial charge in [0.15, 0.2) is 0 Å². The summed E-state index contributed by atoms with van der Waals surface area (Å²) in [5, 5.41) is 3.85. The van der Waals surface area contributed by atoms with E-state index in [0.29, 0.717) is 28.8 Å². The standard InChI is InChI=1S/C21H18N2O3/c1-3-6-15-13-16(21(25)26-2)10-11-17(15)20(24)23-18-9-4-7-14-8-5-12-22-19(14)18/h3-5,7-13H,1,6H2,2H3,(H,23,24). The van der Waals surface area contributed by atoms with Crippen molar-refractivity contribution in [2.45, 2.75) is 6.42 Å². The number of nitrogens with zero attached hydrogens (tertiary/aromatic N) is 1. The number of rotatable bonds is 5. The third-order valence-corrected chi connectivity index (χ3v) is 4.02. The summed E-state index contributed by atoms with van der Waals surface area (Å²) in [6.45, 7) is 3.72. The fourth-order valence-electron chi connectivity index (χ4n) is 2.78. The molecule has 1 N–H and O–H groups in total. The number of allylic oxidation sites excluding steroid dienone is 1. The Labute approximate surface area is 151 Å². The summed E-state index contributed by atoms with van der Waals surface area (Å²) in [6, 6.07) is 14.3. The van der Waals surface area contributed by atoms with E-state index in [2.05, 4.69) is 16.9 Å². The van der Waals surface area contributed by atoms with Gasteiger partial charge >= 0.3 is 5.97 Å². The molecule has 0 aliphatic carbocycles. The molecular formula is C21H18N2O3. The number of methoxy groups -OCH3 is 1. The van der Waals surface area contributed by atoms with Gasteiger partial charge in [-0.2, -0.15) is 0 Å². The van der Waals surface area contributed by atoms with Crippen molar-refractivity contribution in [1.29, 1.82) is 0 Å². The molecule has 1 amide bonds. The number of pyridine rings is 1. The molecule has 0 spiro atoms. The normalized spacial score (nSPS) is 10.3. The molecule has 5 heteroatoms. The van der Waals surface area contributed by atoms with Crippen molar-refractivity contribution in [2.75, 3.05) is 12.4 Å². The molecule has 0 saturated heterocycles. The minimum atomic E-state index is -0.444. The van der Waals surface area contributed by atoms with E-state index in [9.17, 15) is 9.59 Å². The van der Waals surface area contributed by atoms with Crippen molar-refractivity contribution in [3.63, 3.8) is 0 Å². The maximum atomic E-state index is 12.8. The van der Waals surface area contributed by atoms with E-state index in [1.807, 2.05) is 30.3 Å². The van der Waals surface area contributed by atoms with Crippen molar-refractivity contribution in [1.82, 2.24) is 4.98 Å². The van der Waals surface area contributed by atoms with Gasteiger partial charge in [-0.15, -0.1) is 6.58 Å². The second kappa shape index (κ2) is 7.61. The molecule has 26 heavy (non-hydrogen) atoms. The first-order valence-electron chi connectivity index (χ1n) is 8.11. The maximum absolute atomic E-state index is 12.8. The molecule has 0 atom stereocenters. The summed E-state index contributed by atoms with van der Waals surface area (Å²) in [4.78, 5) is 28.9. The Morgan fingerprint density at radius 2 is 2.00 bits per heavy atom. The molecule has 3 aromatic rings. The molecule has 0 bridgehead atoms. The average Bonchev–Trinajstić information content (AvgIpc) is 2.67. The van der Waals surface area contributed by atoms with Gasteiger partial charge in [0, 0.05) is 17.1 Å². The summed E-state index contributed by atoms with van der Waals surface area (Å²) in [6.07, 6.45) is 3.83. The highest BCUT2D eigenvalue weighted by Crippen LogP contribution is 2.22. The van der Waals surface area contributed by atoms with Crippen LogP contribution in [-0.4, -0.2) is 24.0 Å². The van der Waals surface area contributed by atoms with Crippen LogP contribution in [-0.2, 0) is 11.2 Å². The number of amides is 1. The van der Waals surface area contributed by atoms with Crippen LogP contribution in [0.15, 0.2) is 67.4 Å². The zero-order valence-electron chi connectivity index (χ0n) is 14.4. The number of hydrogen-bond acceptors (Lipinski definition) is 4. The van der Waals surface area contributed by atoms with Gasteiger partial charge in [0.25, 0.3) is 5.91 Å². The van der Waals surface area contributed by atoms with Crippen LogP contribution in [0, 0.1) is 0 Å². The Balaban J connectivity index is 1.96. The van der Waals surface area contributed by atoms with Crippen LogP contribution >= 0.6 is 0 Å². The largest absolute Gasteiger partial charge is 0.465 e. The lowest BCUT2D eigenvalue weighted by atomic mass is 10.0. The number of hydrogen-bond donors (Lipinski definition) is 1. The minimum absolute atomic E-state index is 0.267. The second-order valence-corrected chi connectivity index (χ2v) is 5.69. The molecule has 0 fully saturated rings. The Morgan fingerprint density at radius 3 is 2.77 bits per heavy atom. The first-order chi connectivity index (χ1) is 12.6.